The van der Waals surface area contributed by atoms with Crippen molar-refractivity contribution in [3.63, 3.8) is 0 Å². The van der Waals surface area contributed by atoms with Gasteiger partial charge in [-0.25, -0.2) is 0 Å². The smallest absolute Gasteiger partial charge is 0.310 e. The minimum atomic E-state index is -1.53. The van der Waals surface area contributed by atoms with Crippen molar-refractivity contribution in [1.29, 1.82) is 0 Å². The van der Waals surface area contributed by atoms with Crippen molar-refractivity contribution < 1.29 is 44.5 Å². The van der Waals surface area contributed by atoms with Gasteiger partial charge in [0.15, 0.2) is 12.4 Å². The van der Waals surface area contributed by atoms with Crippen molar-refractivity contribution in [2.45, 2.75) is 44.1 Å². The summed E-state index contributed by atoms with van der Waals surface area (Å²) in [5.41, 5.74) is 1.27. The predicted octanol–water partition coefficient (Wildman–Crippen LogP) is -0.759. The molecule has 1 aliphatic rings. The van der Waals surface area contributed by atoms with Gasteiger partial charge in [-0.15, -0.1) is 0 Å². The highest BCUT2D eigenvalue weighted by molar-refractivity contribution is 5.72. The van der Waals surface area contributed by atoms with E-state index in [1.54, 1.807) is 19.1 Å². The molecule has 1 aromatic carbocycles. The van der Waals surface area contributed by atoms with Crippen molar-refractivity contribution in [2.75, 3.05) is 19.8 Å². The number of phenols is 1. The Balaban J connectivity index is 2.07. The third-order valence-corrected chi connectivity index (χ3v) is 4.29. The summed E-state index contributed by atoms with van der Waals surface area (Å²) in [6, 6.07) is 5.97. The van der Waals surface area contributed by atoms with Gasteiger partial charge >= 0.3 is 5.97 Å². The first-order valence-corrected chi connectivity index (χ1v) is 8.83. The molecular weight excluding hydrogens is 372 g/mol. The van der Waals surface area contributed by atoms with Crippen LogP contribution in [-0.4, -0.2) is 82.0 Å². The summed E-state index contributed by atoms with van der Waals surface area (Å²) >= 11 is 0. The van der Waals surface area contributed by atoms with Crippen molar-refractivity contribution >= 4 is 5.97 Å². The number of carbonyl (C=O) groups excluding carboxylic acids is 1. The molecule has 0 spiro atoms. The fourth-order valence-corrected chi connectivity index (χ4v) is 2.72. The molecule has 0 saturated carbocycles. The molecule has 0 aliphatic carbocycles. The molecule has 1 aromatic rings. The van der Waals surface area contributed by atoms with Crippen LogP contribution >= 0.6 is 0 Å². The molecule has 0 bridgehead atoms. The van der Waals surface area contributed by atoms with Gasteiger partial charge in [-0.05, 0) is 30.2 Å². The second-order valence-corrected chi connectivity index (χ2v) is 6.55. The lowest BCUT2D eigenvalue weighted by molar-refractivity contribution is -0.302. The number of aromatic hydroxyl groups is 1. The molecule has 1 heterocycles. The Bertz CT molecular complexity index is 658. The highest BCUT2D eigenvalue weighted by Crippen LogP contribution is 2.25. The van der Waals surface area contributed by atoms with Crippen LogP contribution in [0, 0.1) is 0 Å². The van der Waals surface area contributed by atoms with E-state index >= 15 is 0 Å². The second kappa shape index (κ2) is 10.5. The molecule has 9 heteroatoms. The lowest BCUT2D eigenvalue weighted by atomic mass is 9.99. The zero-order valence-corrected chi connectivity index (χ0v) is 15.5. The Hall–Kier alpha value is -2.01. The first-order valence-electron chi connectivity index (χ1n) is 8.83. The Labute approximate surface area is 162 Å². The van der Waals surface area contributed by atoms with E-state index in [4.69, 9.17) is 19.3 Å². The summed E-state index contributed by atoms with van der Waals surface area (Å²) in [5.74, 6) is -0.629. The van der Waals surface area contributed by atoms with E-state index in [0.717, 1.165) is 0 Å². The maximum absolute atomic E-state index is 12.3. The van der Waals surface area contributed by atoms with Crippen LogP contribution in [-0.2, 0) is 25.4 Å². The molecule has 5 N–H and O–H groups in total. The second-order valence-electron chi connectivity index (χ2n) is 6.55. The van der Waals surface area contributed by atoms with Gasteiger partial charge in [0.25, 0.3) is 0 Å². The standard InChI is InChI=1S/C19H26O9/c1-11(6-7-20)10-26-19-18(17(25)16(24)14(9-21)27-19)28-15(23)8-12-2-4-13(22)5-3-12/h2-6,14,16-22,24-25H,7-10H2,1H3/b11-6+/t14-,16-,17+,18-,19-/m1/s1. The van der Waals surface area contributed by atoms with E-state index < -0.39 is 43.3 Å². The Morgan fingerprint density at radius 3 is 2.46 bits per heavy atom. The van der Waals surface area contributed by atoms with Crippen LogP contribution in [0.3, 0.4) is 0 Å². The van der Waals surface area contributed by atoms with E-state index in [9.17, 15) is 25.2 Å². The van der Waals surface area contributed by atoms with Crippen molar-refractivity contribution in [2.24, 2.45) is 0 Å². The summed E-state index contributed by atoms with van der Waals surface area (Å²) in [5, 5.41) is 47.9. The third-order valence-electron chi connectivity index (χ3n) is 4.29. The molecule has 0 radical (unpaired) electrons. The van der Waals surface area contributed by atoms with Crippen LogP contribution in [0.5, 0.6) is 5.75 Å². The van der Waals surface area contributed by atoms with Gasteiger partial charge in [0.05, 0.1) is 26.2 Å². The molecule has 5 atom stereocenters. The number of benzene rings is 1. The molecule has 1 aliphatic heterocycles. The number of hydrogen-bond donors (Lipinski definition) is 5. The fraction of sp³-hybridized carbons (Fsp3) is 0.526. The fourth-order valence-electron chi connectivity index (χ4n) is 2.72. The van der Waals surface area contributed by atoms with Gasteiger partial charge in [0, 0.05) is 0 Å². The minimum Gasteiger partial charge on any atom is -0.508 e. The molecule has 2 rings (SSSR count). The zero-order chi connectivity index (χ0) is 20.7. The molecule has 28 heavy (non-hydrogen) atoms. The van der Waals surface area contributed by atoms with Crippen LogP contribution in [0.4, 0.5) is 0 Å². The van der Waals surface area contributed by atoms with Gasteiger partial charge in [0.1, 0.15) is 24.1 Å². The lowest BCUT2D eigenvalue weighted by Crippen LogP contribution is -2.60. The van der Waals surface area contributed by atoms with Crippen LogP contribution in [0.1, 0.15) is 12.5 Å². The molecule has 1 fully saturated rings. The monoisotopic (exact) mass is 398 g/mol. The van der Waals surface area contributed by atoms with Crippen molar-refractivity contribution in [3.05, 3.63) is 41.5 Å². The number of ether oxygens (including phenoxy) is 3. The van der Waals surface area contributed by atoms with Gasteiger partial charge in [-0.1, -0.05) is 18.2 Å². The molecule has 0 amide bonds. The third kappa shape index (κ3) is 5.99. The Kier molecular flexibility index (Phi) is 8.36. The van der Waals surface area contributed by atoms with Gasteiger partial charge in [0.2, 0.25) is 0 Å². The highest BCUT2D eigenvalue weighted by Gasteiger charge is 2.47. The first kappa shape index (κ1) is 22.3. The van der Waals surface area contributed by atoms with E-state index in [0.29, 0.717) is 11.1 Å². The summed E-state index contributed by atoms with van der Waals surface area (Å²) in [6.45, 7) is 1.00. The summed E-state index contributed by atoms with van der Waals surface area (Å²) in [7, 11) is 0. The summed E-state index contributed by atoms with van der Waals surface area (Å²) in [6.07, 6.45) is -5.24. The molecular formula is C19H26O9. The van der Waals surface area contributed by atoms with Crippen LogP contribution in [0.15, 0.2) is 35.9 Å². The average molecular weight is 398 g/mol. The highest BCUT2D eigenvalue weighted by atomic mass is 16.7. The molecule has 9 nitrogen and oxygen atoms in total. The SMILES string of the molecule is C/C(=C\CO)CO[C@@H]1O[C@H](CO)[C@@H](O)[C@H](O)[C@H]1OC(=O)Cc1ccc(O)cc1. The number of hydrogen-bond acceptors (Lipinski definition) is 9. The lowest BCUT2D eigenvalue weighted by Gasteiger charge is -2.41. The van der Waals surface area contributed by atoms with Gasteiger partial charge in [-0.2, -0.15) is 0 Å². The minimum absolute atomic E-state index is 0.0260. The normalized spacial score (nSPS) is 28.2. The largest absolute Gasteiger partial charge is 0.508 e. The first-order chi connectivity index (χ1) is 13.3. The van der Waals surface area contributed by atoms with Gasteiger partial charge in [-0.3, -0.25) is 4.79 Å². The molecule has 156 valence electrons. The summed E-state index contributed by atoms with van der Waals surface area (Å²) in [4.78, 5) is 12.3. The molecule has 0 aromatic heterocycles. The van der Waals surface area contributed by atoms with E-state index in [2.05, 4.69) is 0 Å². The van der Waals surface area contributed by atoms with Crippen molar-refractivity contribution in [3.8, 4) is 5.75 Å². The number of esters is 1. The molecule has 1 saturated heterocycles. The molecule has 0 unspecified atom stereocenters. The number of rotatable bonds is 8. The number of aliphatic hydroxyl groups excluding tert-OH is 4. The average Bonchev–Trinajstić information content (AvgIpc) is 2.67. The number of aliphatic hydroxyl groups is 4. The van der Waals surface area contributed by atoms with Crippen LogP contribution < -0.4 is 0 Å². The van der Waals surface area contributed by atoms with E-state index in [1.165, 1.54) is 18.2 Å². The summed E-state index contributed by atoms with van der Waals surface area (Å²) < 4.78 is 16.3. The Morgan fingerprint density at radius 1 is 1.18 bits per heavy atom. The van der Waals surface area contributed by atoms with Crippen LogP contribution in [0.2, 0.25) is 0 Å². The number of carbonyl (C=O) groups is 1. The maximum atomic E-state index is 12.3. The van der Waals surface area contributed by atoms with E-state index in [-0.39, 0.29) is 25.4 Å². The quantitative estimate of drug-likeness (QED) is 0.282. The Morgan fingerprint density at radius 2 is 1.86 bits per heavy atom. The van der Waals surface area contributed by atoms with E-state index in [1.807, 2.05) is 0 Å². The topological polar surface area (TPSA) is 146 Å². The number of phenolic OH excluding ortho intramolecular Hbond substituents is 1. The van der Waals surface area contributed by atoms with Crippen molar-refractivity contribution in [1.82, 2.24) is 0 Å². The van der Waals surface area contributed by atoms with Crippen LogP contribution in [0.25, 0.3) is 0 Å². The predicted molar refractivity (Wildman–Crippen MR) is 96.2 cm³/mol. The maximum Gasteiger partial charge on any atom is 0.310 e. The zero-order valence-electron chi connectivity index (χ0n) is 15.5. The van der Waals surface area contributed by atoms with Gasteiger partial charge < -0.3 is 39.7 Å².